The molecule has 1 fully saturated rings. The van der Waals surface area contributed by atoms with Gasteiger partial charge in [-0.15, -0.1) is 0 Å². The summed E-state index contributed by atoms with van der Waals surface area (Å²) in [5.41, 5.74) is 2.04. The molecular formula is C16H21FN2O2. The van der Waals surface area contributed by atoms with E-state index in [0.29, 0.717) is 13.1 Å². The van der Waals surface area contributed by atoms with Gasteiger partial charge in [0.1, 0.15) is 5.82 Å². The third kappa shape index (κ3) is 3.02. The molecule has 3 atom stereocenters. The number of aryl methyl sites for hydroxylation is 1. The fraction of sp³-hybridized carbons (Fsp3) is 0.562. The van der Waals surface area contributed by atoms with E-state index >= 15 is 0 Å². The van der Waals surface area contributed by atoms with Gasteiger partial charge < -0.3 is 15.0 Å². The van der Waals surface area contributed by atoms with Crippen molar-refractivity contribution >= 4 is 6.03 Å². The normalized spacial score (nSPS) is 28.3. The van der Waals surface area contributed by atoms with Gasteiger partial charge in [0.25, 0.3) is 0 Å². The van der Waals surface area contributed by atoms with E-state index in [1.807, 2.05) is 13.8 Å². The van der Waals surface area contributed by atoms with Crippen LogP contribution in [0.2, 0.25) is 0 Å². The van der Waals surface area contributed by atoms with Gasteiger partial charge in [-0.3, -0.25) is 0 Å². The number of ether oxygens (including phenoxy) is 1. The molecule has 1 saturated heterocycles. The lowest BCUT2D eigenvalue weighted by Crippen LogP contribution is -2.52. The fourth-order valence-corrected chi connectivity index (χ4v) is 3.32. The van der Waals surface area contributed by atoms with Crippen molar-refractivity contribution in [2.24, 2.45) is 0 Å². The van der Waals surface area contributed by atoms with E-state index in [9.17, 15) is 9.18 Å². The average Bonchev–Trinajstić information content (AvgIpc) is 2.80. The van der Waals surface area contributed by atoms with Crippen LogP contribution in [0.3, 0.4) is 0 Å². The van der Waals surface area contributed by atoms with Crippen molar-refractivity contribution in [3.8, 4) is 0 Å². The number of hydrogen-bond donors (Lipinski definition) is 1. The Kier molecular flexibility index (Phi) is 3.85. The zero-order chi connectivity index (χ0) is 15.0. The number of benzene rings is 1. The first-order chi connectivity index (χ1) is 10.0. The Hall–Kier alpha value is -1.62. The minimum Gasteiger partial charge on any atom is -0.372 e. The van der Waals surface area contributed by atoms with Crippen molar-refractivity contribution in [1.29, 1.82) is 0 Å². The highest BCUT2D eigenvalue weighted by Gasteiger charge is 2.29. The van der Waals surface area contributed by atoms with Gasteiger partial charge in [0.05, 0.1) is 18.2 Å². The number of nitrogens with one attached hydrogen (secondary N) is 1. The molecule has 0 saturated carbocycles. The molecule has 1 heterocycles. The number of fused-ring (bicyclic) bond motifs is 1. The summed E-state index contributed by atoms with van der Waals surface area (Å²) in [6.45, 7) is 5.17. The maximum atomic E-state index is 13.2. The summed E-state index contributed by atoms with van der Waals surface area (Å²) in [6.07, 6.45) is 1.77. The van der Waals surface area contributed by atoms with Gasteiger partial charge >= 0.3 is 6.03 Å². The molecule has 3 rings (SSSR count). The summed E-state index contributed by atoms with van der Waals surface area (Å²) in [5, 5.41) is 3.07. The number of carbonyl (C=O) groups is 1. The summed E-state index contributed by atoms with van der Waals surface area (Å²) >= 11 is 0. The minimum atomic E-state index is -0.212. The number of halogens is 1. The topological polar surface area (TPSA) is 41.6 Å². The van der Waals surface area contributed by atoms with E-state index in [2.05, 4.69) is 5.32 Å². The Bertz CT molecular complexity index is 539. The van der Waals surface area contributed by atoms with Crippen LogP contribution in [0.4, 0.5) is 9.18 Å². The van der Waals surface area contributed by atoms with Crippen molar-refractivity contribution in [2.75, 3.05) is 13.1 Å². The lowest BCUT2D eigenvalue weighted by Gasteiger charge is -2.36. The molecule has 2 amide bonds. The van der Waals surface area contributed by atoms with Gasteiger partial charge in [-0.05, 0) is 49.9 Å². The number of urea groups is 1. The number of morpholine rings is 1. The van der Waals surface area contributed by atoms with Gasteiger partial charge in [-0.25, -0.2) is 9.18 Å². The smallest absolute Gasteiger partial charge is 0.318 e. The molecule has 3 unspecified atom stereocenters. The van der Waals surface area contributed by atoms with E-state index in [4.69, 9.17) is 4.74 Å². The second kappa shape index (κ2) is 5.64. The summed E-state index contributed by atoms with van der Waals surface area (Å²) < 4.78 is 18.9. The molecule has 4 nitrogen and oxygen atoms in total. The van der Waals surface area contributed by atoms with Crippen LogP contribution in [-0.2, 0) is 11.2 Å². The van der Waals surface area contributed by atoms with E-state index in [-0.39, 0.29) is 30.1 Å². The van der Waals surface area contributed by atoms with Gasteiger partial charge in [-0.2, -0.15) is 0 Å². The standard InChI is InChI=1S/C16H21FN2O2/c1-10-8-19(9-11(2)21-10)16(20)18-15-6-3-12-7-13(17)4-5-14(12)15/h4-5,7,10-11,15H,3,6,8-9H2,1-2H3,(H,18,20). The van der Waals surface area contributed by atoms with Crippen LogP contribution in [0, 0.1) is 5.82 Å². The summed E-state index contributed by atoms with van der Waals surface area (Å²) in [5.74, 6) is -0.212. The lowest BCUT2D eigenvalue weighted by atomic mass is 10.1. The summed E-state index contributed by atoms with van der Waals surface area (Å²) in [6, 6.07) is 4.75. The number of hydrogen-bond acceptors (Lipinski definition) is 2. The number of nitrogens with zero attached hydrogens (tertiary/aromatic N) is 1. The Morgan fingerprint density at radius 3 is 2.76 bits per heavy atom. The van der Waals surface area contributed by atoms with E-state index in [0.717, 1.165) is 24.0 Å². The Morgan fingerprint density at radius 1 is 1.33 bits per heavy atom. The zero-order valence-corrected chi connectivity index (χ0v) is 12.4. The fourth-order valence-electron chi connectivity index (χ4n) is 3.32. The second-order valence-corrected chi connectivity index (χ2v) is 6.05. The molecule has 0 radical (unpaired) electrons. The Labute approximate surface area is 124 Å². The van der Waals surface area contributed by atoms with Gasteiger partial charge in [0.15, 0.2) is 0 Å². The minimum absolute atomic E-state index is 0.0124. The van der Waals surface area contributed by atoms with Crippen molar-refractivity contribution in [3.63, 3.8) is 0 Å². The van der Waals surface area contributed by atoms with Crippen LogP contribution < -0.4 is 5.32 Å². The maximum absolute atomic E-state index is 13.2. The Morgan fingerprint density at radius 2 is 2.05 bits per heavy atom. The number of carbonyl (C=O) groups excluding carboxylic acids is 1. The molecule has 1 aromatic rings. The molecular weight excluding hydrogens is 271 g/mol. The maximum Gasteiger partial charge on any atom is 0.318 e. The van der Waals surface area contributed by atoms with E-state index in [1.54, 1.807) is 17.0 Å². The van der Waals surface area contributed by atoms with Crippen LogP contribution in [0.15, 0.2) is 18.2 Å². The van der Waals surface area contributed by atoms with E-state index < -0.39 is 0 Å². The monoisotopic (exact) mass is 292 g/mol. The first-order valence-electron chi connectivity index (χ1n) is 7.52. The molecule has 0 aromatic heterocycles. The van der Waals surface area contributed by atoms with Gasteiger partial charge in [-0.1, -0.05) is 6.07 Å². The molecule has 114 valence electrons. The first kappa shape index (κ1) is 14.3. The van der Waals surface area contributed by atoms with Gasteiger partial charge in [0, 0.05) is 13.1 Å². The third-order valence-electron chi connectivity index (χ3n) is 4.19. The largest absolute Gasteiger partial charge is 0.372 e. The van der Waals surface area contributed by atoms with Crippen LogP contribution >= 0.6 is 0 Å². The molecule has 1 aromatic carbocycles. The van der Waals surface area contributed by atoms with Crippen LogP contribution in [0.25, 0.3) is 0 Å². The third-order valence-corrected chi connectivity index (χ3v) is 4.19. The highest BCUT2D eigenvalue weighted by atomic mass is 19.1. The molecule has 1 aliphatic carbocycles. The molecule has 0 bridgehead atoms. The Balaban J connectivity index is 1.67. The average molecular weight is 292 g/mol. The number of amides is 2. The second-order valence-electron chi connectivity index (χ2n) is 6.05. The van der Waals surface area contributed by atoms with Crippen molar-refractivity contribution < 1.29 is 13.9 Å². The van der Waals surface area contributed by atoms with E-state index in [1.165, 1.54) is 6.07 Å². The predicted molar refractivity (Wildman–Crippen MR) is 77.6 cm³/mol. The summed E-state index contributed by atoms with van der Waals surface area (Å²) in [7, 11) is 0. The van der Waals surface area contributed by atoms with Crippen molar-refractivity contribution in [1.82, 2.24) is 10.2 Å². The highest BCUT2D eigenvalue weighted by molar-refractivity contribution is 5.75. The summed E-state index contributed by atoms with van der Waals surface area (Å²) in [4.78, 5) is 14.2. The van der Waals surface area contributed by atoms with Crippen LogP contribution in [0.5, 0.6) is 0 Å². The molecule has 2 aliphatic rings. The molecule has 1 N–H and O–H groups in total. The molecule has 5 heteroatoms. The predicted octanol–water partition coefficient (Wildman–Crippen LogP) is 2.63. The first-order valence-corrected chi connectivity index (χ1v) is 7.52. The van der Waals surface area contributed by atoms with Crippen molar-refractivity contribution in [2.45, 2.75) is 44.9 Å². The zero-order valence-electron chi connectivity index (χ0n) is 12.4. The highest BCUT2D eigenvalue weighted by Crippen LogP contribution is 2.31. The van der Waals surface area contributed by atoms with Crippen LogP contribution in [0.1, 0.15) is 37.4 Å². The van der Waals surface area contributed by atoms with Crippen molar-refractivity contribution in [3.05, 3.63) is 35.1 Å². The molecule has 0 spiro atoms. The SMILES string of the molecule is CC1CN(C(=O)NC2CCc3cc(F)ccc32)CC(C)O1. The van der Waals surface area contributed by atoms with Crippen LogP contribution in [-0.4, -0.2) is 36.2 Å². The van der Waals surface area contributed by atoms with Gasteiger partial charge in [0.2, 0.25) is 0 Å². The molecule has 1 aliphatic heterocycles. The molecule has 21 heavy (non-hydrogen) atoms. The lowest BCUT2D eigenvalue weighted by molar-refractivity contribution is -0.0547. The number of rotatable bonds is 1. The quantitative estimate of drug-likeness (QED) is 0.864.